The van der Waals surface area contributed by atoms with Crippen LogP contribution < -0.4 is 14.8 Å². The molecule has 1 aliphatic heterocycles. The molecule has 2 aromatic carbocycles. The third-order valence-corrected chi connectivity index (χ3v) is 6.68. The number of anilines is 1. The van der Waals surface area contributed by atoms with Crippen molar-refractivity contribution in [2.24, 2.45) is 0 Å². The standard InChI is InChI=1S/C27H31ClN2O4/c1-15-16(2)23(32-14-21-12-22(28)11-20-13-27(5,6)33-25(20)21)9-7-19(15)8-10-24(31)29-26-17(3)18(4)30-34-26/h7,9,11-12H,8,10,13-14H2,1-6H3,(H,29,31). The third kappa shape index (κ3) is 5.07. The number of carbonyl (C=O) groups is 1. The van der Waals surface area contributed by atoms with Gasteiger partial charge in [0.25, 0.3) is 0 Å². The van der Waals surface area contributed by atoms with Crippen molar-refractivity contribution >= 4 is 23.4 Å². The summed E-state index contributed by atoms with van der Waals surface area (Å²) in [5.74, 6) is 2.00. The summed E-state index contributed by atoms with van der Waals surface area (Å²) in [7, 11) is 0. The number of ether oxygens (including phenoxy) is 2. The molecule has 0 bridgehead atoms. The molecular formula is C27H31ClN2O4. The van der Waals surface area contributed by atoms with Gasteiger partial charge in [0, 0.05) is 29.0 Å². The Hall–Kier alpha value is -2.99. The molecule has 0 saturated heterocycles. The SMILES string of the molecule is Cc1noc(NC(=O)CCc2ccc(OCc3cc(Cl)cc4c3OC(C)(C)C4)c(C)c2C)c1C. The van der Waals surface area contributed by atoms with E-state index in [1.165, 1.54) is 0 Å². The van der Waals surface area contributed by atoms with Crippen molar-refractivity contribution in [2.45, 2.75) is 73.0 Å². The summed E-state index contributed by atoms with van der Waals surface area (Å²) < 4.78 is 17.5. The molecule has 3 aromatic rings. The van der Waals surface area contributed by atoms with E-state index in [9.17, 15) is 4.79 Å². The summed E-state index contributed by atoms with van der Waals surface area (Å²) in [5, 5.41) is 7.37. The Labute approximate surface area is 205 Å². The Morgan fingerprint density at radius 3 is 2.59 bits per heavy atom. The lowest BCUT2D eigenvalue weighted by Crippen LogP contribution is -2.25. The zero-order chi connectivity index (χ0) is 24.6. The summed E-state index contributed by atoms with van der Waals surface area (Å²) in [5.41, 5.74) is 6.73. The molecule has 0 radical (unpaired) electrons. The summed E-state index contributed by atoms with van der Waals surface area (Å²) in [4.78, 5) is 12.4. The second-order valence-electron chi connectivity index (χ2n) is 9.62. The molecule has 180 valence electrons. The van der Waals surface area contributed by atoms with Crippen molar-refractivity contribution in [3.8, 4) is 11.5 Å². The van der Waals surface area contributed by atoms with Crippen LogP contribution in [0.2, 0.25) is 5.02 Å². The number of hydrogen-bond acceptors (Lipinski definition) is 5. The molecule has 1 aliphatic rings. The molecule has 1 amide bonds. The van der Waals surface area contributed by atoms with E-state index in [1.54, 1.807) is 0 Å². The quantitative estimate of drug-likeness (QED) is 0.420. The van der Waals surface area contributed by atoms with E-state index in [0.29, 0.717) is 30.4 Å². The second kappa shape index (κ2) is 9.34. The number of rotatable bonds is 7. The second-order valence-corrected chi connectivity index (χ2v) is 10.1. The molecule has 0 spiro atoms. The van der Waals surface area contributed by atoms with Crippen LogP contribution in [0.1, 0.15) is 59.3 Å². The highest BCUT2D eigenvalue weighted by molar-refractivity contribution is 6.30. The number of amides is 1. The van der Waals surface area contributed by atoms with Gasteiger partial charge in [-0.1, -0.05) is 22.8 Å². The summed E-state index contributed by atoms with van der Waals surface area (Å²) in [6.07, 6.45) is 1.79. The molecule has 2 heterocycles. The number of aromatic nitrogens is 1. The number of fused-ring (bicyclic) bond motifs is 1. The zero-order valence-corrected chi connectivity index (χ0v) is 21.4. The molecule has 4 rings (SSSR count). The molecule has 0 saturated carbocycles. The number of nitrogens with zero attached hydrogens (tertiary/aromatic N) is 1. The highest BCUT2D eigenvalue weighted by Crippen LogP contribution is 2.40. The van der Waals surface area contributed by atoms with Crippen molar-refractivity contribution < 1.29 is 18.8 Å². The summed E-state index contributed by atoms with van der Waals surface area (Å²) in [6.45, 7) is 12.3. The first-order chi connectivity index (χ1) is 16.0. The lowest BCUT2D eigenvalue weighted by atomic mass is 9.98. The van der Waals surface area contributed by atoms with E-state index < -0.39 is 0 Å². The van der Waals surface area contributed by atoms with Crippen LogP contribution in [0.5, 0.6) is 11.5 Å². The van der Waals surface area contributed by atoms with Crippen molar-refractivity contribution in [1.29, 1.82) is 0 Å². The minimum atomic E-state index is -0.243. The van der Waals surface area contributed by atoms with Crippen molar-refractivity contribution in [1.82, 2.24) is 5.16 Å². The highest BCUT2D eigenvalue weighted by atomic mass is 35.5. The van der Waals surface area contributed by atoms with Crippen LogP contribution in [0.4, 0.5) is 5.88 Å². The molecule has 1 N–H and O–H groups in total. The molecule has 0 atom stereocenters. The predicted octanol–water partition coefficient (Wildman–Crippen LogP) is 6.43. The van der Waals surface area contributed by atoms with E-state index in [2.05, 4.69) is 31.2 Å². The van der Waals surface area contributed by atoms with E-state index in [-0.39, 0.29) is 11.5 Å². The molecule has 1 aromatic heterocycles. The van der Waals surface area contributed by atoms with Gasteiger partial charge >= 0.3 is 0 Å². The van der Waals surface area contributed by atoms with Crippen LogP contribution in [-0.4, -0.2) is 16.7 Å². The Morgan fingerprint density at radius 2 is 1.88 bits per heavy atom. The van der Waals surface area contributed by atoms with E-state index >= 15 is 0 Å². The highest BCUT2D eigenvalue weighted by Gasteiger charge is 2.32. The van der Waals surface area contributed by atoms with Crippen molar-refractivity contribution in [3.63, 3.8) is 0 Å². The van der Waals surface area contributed by atoms with Gasteiger partial charge in [0.15, 0.2) is 0 Å². The zero-order valence-electron chi connectivity index (χ0n) is 20.6. The average Bonchev–Trinajstić information content (AvgIpc) is 3.25. The summed E-state index contributed by atoms with van der Waals surface area (Å²) in [6, 6.07) is 7.88. The maximum absolute atomic E-state index is 12.4. The topological polar surface area (TPSA) is 73.6 Å². The maximum Gasteiger partial charge on any atom is 0.234 e. The van der Waals surface area contributed by atoms with Gasteiger partial charge in [0.2, 0.25) is 11.8 Å². The number of carbonyl (C=O) groups excluding carboxylic acids is 1. The maximum atomic E-state index is 12.4. The van der Waals surface area contributed by atoms with Crippen LogP contribution in [-0.2, 0) is 24.2 Å². The van der Waals surface area contributed by atoms with Crippen LogP contribution in [0.25, 0.3) is 0 Å². The first kappa shape index (κ1) is 24.1. The number of aryl methyl sites for hydroxylation is 2. The van der Waals surface area contributed by atoms with Crippen LogP contribution in [0.3, 0.4) is 0 Å². The Morgan fingerprint density at radius 1 is 1.12 bits per heavy atom. The molecule has 34 heavy (non-hydrogen) atoms. The molecular weight excluding hydrogens is 452 g/mol. The Balaban J connectivity index is 1.41. The number of halogens is 1. The first-order valence-corrected chi connectivity index (χ1v) is 11.9. The van der Waals surface area contributed by atoms with E-state index in [1.807, 2.05) is 45.0 Å². The molecule has 7 heteroatoms. The average molecular weight is 483 g/mol. The number of nitrogens with one attached hydrogen (secondary N) is 1. The monoisotopic (exact) mass is 482 g/mol. The van der Waals surface area contributed by atoms with Gasteiger partial charge < -0.3 is 14.0 Å². The van der Waals surface area contributed by atoms with Gasteiger partial charge in [-0.15, -0.1) is 0 Å². The molecule has 6 nitrogen and oxygen atoms in total. The third-order valence-electron chi connectivity index (χ3n) is 6.47. The number of benzene rings is 2. The molecule has 0 fully saturated rings. The van der Waals surface area contributed by atoms with Gasteiger partial charge in [-0.25, -0.2) is 0 Å². The van der Waals surface area contributed by atoms with Gasteiger partial charge in [-0.2, -0.15) is 0 Å². The van der Waals surface area contributed by atoms with Gasteiger partial charge in [0.05, 0.1) is 5.69 Å². The van der Waals surface area contributed by atoms with Crippen LogP contribution in [0, 0.1) is 27.7 Å². The fraction of sp³-hybridized carbons (Fsp3) is 0.407. The van der Waals surface area contributed by atoms with Crippen molar-refractivity contribution in [3.05, 3.63) is 68.4 Å². The fourth-order valence-electron chi connectivity index (χ4n) is 4.26. The fourth-order valence-corrected chi connectivity index (χ4v) is 4.52. The van der Waals surface area contributed by atoms with Crippen molar-refractivity contribution in [2.75, 3.05) is 5.32 Å². The predicted molar refractivity (Wildman–Crippen MR) is 133 cm³/mol. The first-order valence-electron chi connectivity index (χ1n) is 11.5. The van der Waals surface area contributed by atoms with Crippen LogP contribution in [0.15, 0.2) is 28.8 Å². The van der Waals surface area contributed by atoms with E-state index in [0.717, 1.165) is 57.0 Å². The minimum Gasteiger partial charge on any atom is -0.488 e. The largest absolute Gasteiger partial charge is 0.488 e. The minimum absolute atomic E-state index is 0.102. The van der Waals surface area contributed by atoms with Gasteiger partial charge in [-0.05, 0) is 88.4 Å². The lowest BCUT2D eigenvalue weighted by molar-refractivity contribution is -0.116. The molecule has 0 aliphatic carbocycles. The Kier molecular flexibility index (Phi) is 6.63. The lowest BCUT2D eigenvalue weighted by Gasteiger charge is -2.19. The molecule has 0 unspecified atom stereocenters. The van der Waals surface area contributed by atoms with Crippen LogP contribution >= 0.6 is 11.6 Å². The van der Waals surface area contributed by atoms with Gasteiger partial charge in [0.1, 0.15) is 23.7 Å². The smallest absolute Gasteiger partial charge is 0.234 e. The Bertz CT molecular complexity index is 1250. The van der Waals surface area contributed by atoms with Gasteiger partial charge in [-0.3, -0.25) is 10.1 Å². The normalized spacial score (nSPS) is 14.0. The summed E-state index contributed by atoms with van der Waals surface area (Å²) >= 11 is 6.35. The van der Waals surface area contributed by atoms with E-state index in [4.69, 9.17) is 25.6 Å². The number of hydrogen-bond donors (Lipinski definition) is 1.